The largest absolute Gasteiger partial charge is 0.375 e. The molecule has 1 atom stereocenters. The van der Waals surface area contributed by atoms with E-state index in [0.717, 1.165) is 16.8 Å². The Balaban J connectivity index is 2.20. The van der Waals surface area contributed by atoms with Crippen molar-refractivity contribution in [2.75, 3.05) is 6.61 Å². The third-order valence-electron chi connectivity index (χ3n) is 3.19. The zero-order valence-electron chi connectivity index (χ0n) is 9.13. The molecule has 1 nitrogen and oxygen atoms in total. The summed E-state index contributed by atoms with van der Waals surface area (Å²) in [6.07, 6.45) is 3.68. The van der Waals surface area contributed by atoms with Gasteiger partial charge in [0.15, 0.2) is 0 Å². The highest BCUT2D eigenvalue weighted by atomic mass is 35.5. The predicted octanol–water partition coefficient (Wildman–Crippen LogP) is 2.14. The first kappa shape index (κ1) is 11.2. The minimum atomic E-state index is 0.0586. The van der Waals surface area contributed by atoms with E-state index >= 15 is 0 Å². The number of alkyl halides is 1. The van der Waals surface area contributed by atoms with Crippen molar-refractivity contribution in [3.63, 3.8) is 0 Å². The molecule has 1 unspecified atom stereocenters. The van der Waals surface area contributed by atoms with Gasteiger partial charge in [0.2, 0.25) is 0 Å². The summed E-state index contributed by atoms with van der Waals surface area (Å²) in [5, 5.41) is 0.0586. The van der Waals surface area contributed by atoms with Crippen molar-refractivity contribution in [1.29, 1.82) is 0 Å². The molecule has 1 aromatic rings. The lowest BCUT2D eigenvalue weighted by Crippen LogP contribution is -2.33. The molecule has 0 saturated carbocycles. The van der Waals surface area contributed by atoms with Gasteiger partial charge in [-0.3, -0.25) is 0 Å². The highest BCUT2D eigenvalue weighted by molar-refractivity contribution is 6.17. The summed E-state index contributed by atoms with van der Waals surface area (Å²) in [5.41, 5.74) is 2.52. The molecule has 1 saturated heterocycles. The summed E-state index contributed by atoms with van der Waals surface area (Å²) < 4.78 is 5.95. The topological polar surface area (TPSA) is 9.23 Å². The fourth-order valence-electron chi connectivity index (χ4n) is 2.11. The normalized spacial score (nSPS) is 26.7. The molecule has 0 aromatic heterocycles. The first-order chi connectivity index (χ1) is 7.24. The van der Waals surface area contributed by atoms with Crippen molar-refractivity contribution >= 4 is 21.8 Å². The summed E-state index contributed by atoms with van der Waals surface area (Å²) in [6.45, 7) is 0.917. The number of rotatable bonds is 2. The molecule has 2 rings (SSSR count). The van der Waals surface area contributed by atoms with Crippen LogP contribution in [0.15, 0.2) is 24.3 Å². The fraction of sp³-hybridized carbons (Fsp3) is 0.500. The van der Waals surface area contributed by atoms with E-state index in [9.17, 15) is 0 Å². The lowest BCUT2D eigenvalue weighted by atomic mass is 9.99. The molecule has 82 valence electrons. The molecule has 1 aliphatic rings. The Kier molecular flexibility index (Phi) is 3.49. The molecule has 0 radical (unpaired) electrons. The van der Waals surface area contributed by atoms with E-state index in [1.165, 1.54) is 30.4 Å². The first-order valence-electron chi connectivity index (χ1n) is 5.54. The van der Waals surface area contributed by atoms with Crippen LogP contribution in [0.3, 0.4) is 0 Å². The number of hydrogen-bond donors (Lipinski definition) is 0. The van der Waals surface area contributed by atoms with Crippen LogP contribution in [0.2, 0.25) is 0 Å². The van der Waals surface area contributed by atoms with E-state index in [0.29, 0.717) is 5.88 Å². The zero-order valence-corrected chi connectivity index (χ0v) is 11.9. The molecule has 15 heavy (non-hydrogen) atoms. The van der Waals surface area contributed by atoms with Gasteiger partial charge in [-0.1, -0.05) is 24.3 Å². The molecular formula is C12H17ClOSi. The van der Waals surface area contributed by atoms with Gasteiger partial charge in [-0.05, 0) is 30.4 Å². The maximum Gasteiger partial charge on any atom is 0.0723 e. The van der Waals surface area contributed by atoms with E-state index in [1.807, 2.05) is 0 Å². The predicted molar refractivity (Wildman–Crippen MR) is 67.4 cm³/mol. The Bertz CT molecular complexity index is 317. The smallest absolute Gasteiger partial charge is 0.0723 e. The van der Waals surface area contributed by atoms with Gasteiger partial charge in [-0.25, -0.2) is 0 Å². The fourth-order valence-corrected chi connectivity index (χ4v) is 3.18. The van der Waals surface area contributed by atoms with Crippen LogP contribution in [-0.4, -0.2) is 16.8 Å². The minimum absolute atomic E-state index is 0.0586. The van der Waals surface area contributed by atoms with Crippen LogP contribution in [0.5, 0.6) is 0 Å². The van der Waals surface area contributed by atoms with Crippen LogP contribution in [0.25, 0.3) is 0 Å². The second-order valence-electron chi connectivity index (χ2n) is 4.37. The first-order valence-corrected chi connectivity index (χ1v) is 7.07. The van der Waals surface area contributed by atoms with Crippen molar-refractivity contribution in [2.45, 2.75) is 30.4 Å². The Morgan fingerprint density at radius 1 is 1.27 bits per heavy atom. The second kappa shape index (κ2) is 4.68. The van der Waals surface area contributed by atoms with E-state index in [1.54, 1.807) is 0 Å². The Morgan fingerprint density at radius 3 is 2.53 bits per heavy atom. The van der Waals surface area contributed by atoms with Gasteiger partial charge in [0.05, 0.1) is 5.22 Å². The second-order valence-corrected chi connectivity index (χ2v) is 6.25. The molecule has 1 heterocycles. The number of hydrogen-bond acceptors (Lipinski definition) is 1. The molecule has 0 spiro atoms. The lowest BCUT2D eigenvalue weighted by molar-refractivity contribution is -0.0210. The summed E-state index contributed by atoms with van der Waals surface area (Å²) >= 11 is 5.78. The van der Waals surface area contributed by atoms with Crippen molar-refractivity contribution in [2.24, 2.45) is 0 Å². The Hall–Kier alpha value is -0.313. The average Bonchev–Trinajstić information content (AvgIpc) is 2.30. The molecule has 0 bridgehead atoms. The van der Waals surface area contributed by atoms with Gasteiger partial charge < -0.3 is 4.74 Å². The monoisotopic (exact) mass is 240 g/mol. The van der Waals surface area contributed by atoms with Crippen LogP contribution < -0.4 is 0 Å². The zero-order chi connectivity index (χ0) is 10.7. The van der Waals surface area contributed by atoms with E-state index in [4.69, 9.17) is 16.3 Å². The van der Waals surface area contributed by atoms with E-state index in [-0.39, 0.29) is 5.22 Å². The van der Waals surface area contributed by atoms with Crippen LogP contribution in [0.4, 0.5) is 0 Å². The van der Waals surface area contributed by atoms with Crippen molar-refractivity contribution < 1.29 is 4.74 Å². The maximum atomic E-state index is 5.95. The van der Waals surface area contributed by atoms with Gasteiger partial charge in [0.1, 0.15) is 0 Å². The van der Waals surface area contributed by atoms with Gasteiger partial charge in [-0.2, -0.15) is 0 Å². The quantitative estimate of drug-likeness (QED) is 0.569. The SMILES string of the molecule is [SiH3]C1(c2ccc(CCl)cc2)CCCCO1. The molecule has 1 aliphatic heterocycles. The highest BCUT2D eigenvalue weighted by Crippen LogP contribution is 2.32. The van der Waals surface area contributed by atoms with E-state index in [2.05, 4.69) is 24.3 Å². The molecule has 0 N–H and O–H groups in total. The molecular weight excluding hydrogens is 224 g/mol. The van der Waals surface area contributed by atoms with Crippen LogP contribution in [-0.2, 0) is 15.8 Å². The standard InChI is InChI=1S/C12H17ClOSi/c13-9-10-3-5-11(6-4-10)12(15)7-1-2-8-14-12/h3-6H,1-2,7-9H2,15H3. The maximum absolute atomic E-state index is 5.95. The van der Waals surface area contributed by atoms with Crippen LogP contribution in [0, 0.1) is 0 Å². The molecule has 0 aliphatic carbocycles. The van der Waals surface area contributed by atoms with Crippen molar-refractivity contribution in [3.8, 4) is 0 Å². The number of benzene rings is 1. The third-order valence-corrected chi connectivity index (χ3v) is 4.86. The minimum Gasteiger partial charge on any atom is -0.375 e. The van der Waals surface area contributed by atoms with Crippen LogP contribution in [0.1, 0.15) is 30.4 Å². The summed E-state index contributed by atoms with van der Waals surface area (Å²) in [4.78, 5) is 0. The summed E-state index contributed by atoms with van der Waals surface area (Å²) in [7, 11) is 1.06. The average molecular weight is 241 g/mol. The Morgan fingerprint density at radius 2 is 2.00 bits per heavy atom. The highest BCUT2D eigenvalue weighted by Gasteiger charge is 2.29. The summed E-state index contributed by atoms with van der Waals surface area (Å²) in [6, 6.07) is 8.58. The summed E-state index contributed by atoms with van der Waals surface area (Å²) in [5.74, 6) is 0.593. The van der Waals surface area contributed by atoms with E-state index < -0.39 is 0 Å². The molecule has 1 fully saturated rings. The molecule has 1 aromatic carbocycles. The number of ether oxygens (including phenoxy) is 1. The van der Waals surface area contributed by atoms with Gasteiger partial charge in [-0.15, -0.1) is 11.6 Å². The van der Waals surface area contributed by atoms with Gasteiger partial charge in [0, 0.05) is 22.7 Å². The molecule has 3 heteroatoms. The Labute approximate surface area is 99.2 Å². The van der Waals surface area contributed by atoms with Crippen molar-refractivity contribution in [3.05, 3.63) is 35.4 Å². The van der Waals surface area contributed by atoms with Crippen molar-refractivity contribution in [1.82, 2.24) is 0 Å². The van der Waals surface area contributed by atoms with Gasteiger partial charge >= 0.3 is 0 Å². The van der Waals surface area contributed by atoms with Crippen LogP contribution >= 0.6 is 11.6 Å². The number of halogens is 1. The third kappa shape index (κ3) is 2.44. The van der Waals surface area contributed by atoms with Gasteiger partial charge in [0.25, 0.3) is 0 Å². The molecule has 0 amide bonds. The lowest BCUT2D eigenvalue weighted by Gasteiger charge is -2.34.